The molecule has 0 atom stereocenters. The second kappa shape index (κ2) is 21.8. The molecule has 0 saturated carbocycles. The summed E-state index contributed by atoms with van der Waals surface area (Å²) in [7, 11) is -3.47. The molecule has 0 aromatic carbocycles. The van der Waals surface area contributed by atoms with Crippen LogP contribution in [0.4, 0.5) is 0 Å². The minimum absolute atomic E-state index is 0. The molecule has 23 heavy (non-hydrogen) atoms. The first-order valence-electron chi connectivity index (χ1n) is 5.53. The predicted octanol–water partition coefficient (Wildman–Crippen LogP) is 6.60. The van der Waals surface area contributed by atoms with Crippen molar-refractivity contribution in [1.29, 1.82) is 0 Å². The van der Waals surface area contributed by atoms with Crippen molar-refractivity contribution in [3.05, 3.63) is 24.6 Å². The molecule has 0 rings (SSSR count). The first-order valence-corrected chi connectivity index (χ1v) is 11.5. The van der Waals surface area contributed by atoms with Gasteiger partial charge in [-0.15, -0.1) is 13.2 Å². The molecule has 6 heteroatoms. The van der Waals surface area contributed by atoms with Crippen molar-refractivity contribution < 1.29 is 18.3 Å². The highest BCUT2D eigenvalue weighted by Gasteiger charge is 2.17. The van der Waals surface area contributed by atoms with Gasteiger partial charge in [-0.3, -0.25) is 0 Å². The molecule has 0 radical (unpaired) electrons. The van der Waals surface area contributed by atoms with Gasteiger partial charge in [-0.05, 0) is 26.2 Å². The van der Waals surface area contributed by atoms with Crippen molar-refractivity contribution in [3.63, 3.8) is 0 Å². The molecule has 0 aromatic rings. The highest BCUT2D eigenvalue weighted by Crippen LogP contribution is 2.05. The van der Waals surface area contributed by atoms with Crippen LogP contribution >= 0.6 is 0 Å². The number of ether oxygens (including phenoxy) is 2. The van der Waals surface area contributed by atoms with Crippen molar-refractivity contribution >= 4 is 16.6 Å². The zero-order valence-corrected chi connectivity index (χ0v) is 13.3. The van der Waals surface area contributed by atoms with Crippen LogP contribution in [0.3, 0.4) is 0 Å². The third-order valence-corrected chi connectivity index (χ3v) is 5.87. The van der Waals surface area contributed by atoms with Crippen LogP contribution in [0.2, 0.25) is 26.2 Å². The Morgan fingerprint density at radius 3 is 1.09 bits per heavy atom. The predicted molar refractivity (Wildman–Crippen MR) is 115 cm³/mol. The molecular weight excluding hydrogens is 324 g/mol. The molecule has 0 fully saturated rings. The molecular formula is C17H48O4Si2. The summed E-state index contributed by atoms with van der Waals surface area (Å²) in [6.07, 6.45) is 0. The fourth-order valence-electron chi connectivity index (χ4n) is 0.632. The van der Waals surface area contributed by atoms with Crippen LogP contribution < -0.4 is 0 Å². The first-order chi connectivity index (χ1) is 7.83. The van der Waals surface area contributed by atoms with Crippen molar-refractivity contribution in [2.45, 2.75) is 70.7 Å². The van der Waals surface area contributed by atoms with E-state index in [4.69, 9.17) is 18.3 Å². The minimum Gasteiger partial charge on any atom is -0.391 e. The van der Waals surface area contributed by atoms with Gasteiger partial charge in [-0.25, -0.2) is 0 Å². The van der Waals surface area contributed by atoms with Crippen molar-refractivity contribution in [1.82, 2.24) is 0 Å². The Kier molecular flexibility index (Phi) is 41.0. The highest BCUT2D eigenvalue weighted by atomic mass is 28.4. The molecule has 0 N–H and O–H groups in total. The van der Waals surface area contributed by atoms with Gasteiger partial charge < -0.3 is 18.3 Å². The first kappa shape index (κ1) is 43.4. The van der Waals surface area contributed by atoms with Crippen LogP contribution in [0.5, 0.6) is 0 Å². The Labute approximate surface area is 151 Å². The number of hydrogen-bond donors (Lipinski definition) is 0. The van der Waals surface area contributed by atoms with Gasteiger partial charge in [0, 0.05) is 0 Å². The molecule has 4 nitrogen and oxygen atoms in total. The lowest BCUT2D eigenvalue weighted by molar-refractivity contribution is -0.133. The largest absolute Gasteiger partial charge is 0.391 e. The maximum atomic E-state index is 5.52. The topological polar surface area (TPSA) is 36.9 Å². The van der Waals surface area contributed by atoms with Gasteiger partial charge in [0.05, 0.1) is 0 Å². The van der Waals surface area contributed by atoms with Crippen LogP contribution in [0.25, 0.3) is 0 Å². The van der Waals surface area contributed by atoms with E-state index in [9.17, 15) is 0 Å². The van der Waals surface area contributed by atoms with E-state index >= 15 is 0 Å². The molecule has 0 aliphatic rings. The smallest absolute Gasteiger partial charge is 0.213 e. The van der Waals surface area contributed by atoms with Gasteiger partial charge >= 0.3 is 0 Å². The van der Waals surface area contributed by atoms with E-state index in [0.29, 0.717) is 0 Å². The zero-order valence-electron chi connectivity index (χ0n) is 11.3. The SMILES string of the molecule is C.C.C.C.C.C.C=C[Si](C)(C)OCOCOCO[Si](C)(C)C=C. The normalized spacial score (nSPS) is 9.22. The molecule has 0 amide bonds. The van der Waals surface area contributed by atoms with Crippen LogP contribution in [0.1, 0.15) is 44.6 Å². The van der Waals surface area contributed by atoms with Crippen LogP contribution in [-0.2, 0) is 18.3 Å². The summed E-state index contributed by atoms with van der Waals surface area (Å²) < 4.78 is 21.4. The van der Waals surface area contributed by atoms with E-state index in [0.717, 1.165) is 0 Å². The fraction of sp³-hybridized carbons (Fsp3) is 0.765. The van der Waals surface area contributed by atoms with E-state index in [1.54, 1.807) is 0 Å². The second-order valence-electron chi connectivity index (χ2n) is 4.67. The Bertz CT molecular complexity index is 221. The highest BCUT2D eigenvalue weighted by molar-refractivity contribution is 6.76. The monoisotopic (exact) mass is 372 g/mol. The summed E-state index contributed by atoms with van der Waals surface area (Å²) in [5, 5.41) is 0. The Hall–Kier alpha value is -0.246. The fourth-order valence-corrected chi connectivity index (χ4v) is 1.64. The van der Waals surface area contributed by atoms with Crippen molar-refractivity contribution in [3.8, 4) is 0 Å². The lowest BCUT2D eigenvalue weighted by Crippen LogP contribution is -2.30. The molecule has 0 aromatic heterocycles. The van der Waals surface area contributed by atoms with E-state index < -0.39 is 16.6 Å². The Morgan fingerprint density at radius 1 is 0.609 bits per heavy atom. The summed E-state index contributed by atoms with van der Waals surface area (Å²) in [5.41, 5.74) is 3.72. The minimum atomic E-state index is -1.74. The molecule has 0 aliphatic heterocycles. The van der Waals surface area contributed by atoms with Gasteiger partial charge in [-0.1, -0.05) is 56.0 Å². The standard InChI is InChI=1S/C11H24O4Si2.6CH4/c1-7-16(3,4)14-10-12-9-13-11-15-17(5,6)8-2;;;;;;/h7-8H,1-2,9-11H2,3-6H3;6*1H4. The zero-order chi connectivity index (χ0) is 13.4. The lowest BCUT2D eigenvalue weighted by Gasteiger charge is -2.19. The van der Waals surface area contributed by atoms with Gasteiger partial charge in [0.2, 0.25) is 16.6 Å². The van der Waals surface area contributed by atoms with Gasteiger partial charge in [-0.2, -0.15) is 0 Å². The molecule has 0 aliphatic carbocycles. The van der Waals surface area contributed by atoms with Crippen molar-refractivity contribution in [2.24, 2.45) is 0 Å². The van der Waals surface area contributed by atoms with Crippen LogP contribution in [-0.4, -0.2) is 37.0 Å². The molecule has 0 saturated heterocycles. The summed E-state index contributed by atoms with van der Waals surface area (Å²) in [4.78, 5) is 0. The average Bonchev–Trinajstić information content (AvgIpc) is 2.27. The molecule has 0 spiro atoms. The maximum Gasteiger partial charge on any atom is 0.213 e. The molecule has 0 unspecified atom stereocenters. The molecule has 0 bridgehead atoms. The van der Waals surface area contributed by atoms with Crippen LogP contribution in [0, 0.1) is 0 Å². The van der Waals surface area contributed by atoms with E-state index in [1.165, 1.54) is 0 Å². The maximum absolute atomic E-state index is 5.52. The summed E-state index contributed by atoms with van der Waals surface area (Å²) in [5.74, 6) is 0. The van der Waals surface area contributed by atoms with E-state index in [2.05, 4.69) is 13.2 Å². The lowest BCUT2D eigenvalue weighted by atomic mass is 11.3. The summed E-state index contributed by atoms with van der Waals surface area (Å²) >= 11 is 0. The van der Waals surface area contributed by atoms with E-state index in [1.807, 2.05) is 37.6 Å². The molecule has 148 valence electrons. The van der Waals surface area contributed by atoms with Crippen LogP contribution in [0.15, 0.2) is 24.6 Å². The Morgan fingerprint density at radius 2 is 0.870 bits per heavy atom. The number of hydrogen-bond acceptors (Lipinski definition) is 4. The summed E-state index contributed by atoms with van der Waals surface area (Å²) in [6.45, 7) is 16.3. The third kappa shape index (κ3) is 26.9. The summed E-state index contributed by atoms with van der Waals surface area (Å²) in [6, 6.07) is 0. The van der Waals surface area contributed by atoms with Gasteiger partial charge in [0.25, 0.3) is 0 Å². The van der Waals surface area contributed by atoms with E-state index in [-0.39, 0.29) is 64.9 Å². The molecule has 0 heterocycles. The average molecular weight is 373 g/mol. The quantitative estimate of drug-likeness (QED) is 0.246. The van der Waals surface area contributed by atoms with Gasteiger partial charge in [0.1, 0.15) is 13.6 Å². The third-order valence-electron chi connectivity index (χ3n) is 2.18. The second-order valence-corrected chi connectivity index (χ2v) is 12.5. The van der Waals surface area contributed by atoms with Crippen molar-refractivity contribution in [2.75, 3.05) is 20.4 Å². The van der Waals surface area contributed by atoms with Gasteiger partial charge in [0.15, 0.2) is 6.79 Å². The number of rotatable bonds is 10. The Balaban J connectivity index is -0.0000000853.